The highest BCUT2D eigenvalue weighted by Crippen LogP contribution is 2.07. The van der Waals surface area contributed by atoms with Crippen LogP contribution in [0, 0.1) is 0 Å². The van der Waals surface area contributed by atoms with Gasteiger partial charge in [-0.3, -0.25) is 4.98 Å². The van der Waals surface area contributed by atoms with Crippen molar-refractivity contribution in [1.82, 2.24) is 4.98 Å². The van der Waals surface area contributed by atoms with E-state index in [2.05, 4.69) is 9.72 Å². The lowest BCUT2D eigenvalue weighted by atomic mass is 10.1. The lowest BCUT2D eigenvalue weighted by Gasteiger charge is -2.01. The molecule has 1 aromatic carbocycles. The van der Waals surface area contributed by atoms with E-state index in [0.29, 0.717) is 11.3 Å². The van der Waals surface area contributed by atoms with Crippen LogP contribution in [0.3, 0.4) is 0 Å². The molecule has 22 heavy (non-hydrogen) atoms. The van der Waals surface area contributed by atoms with Crippen LogP contribution in [0.2, 0.25) is 0 Å². The molecular weight excluding hydrogens is 282 g/mol. The molecule has 0 aliphatic heterocycles. The first-order valence-electron chi connectivity index (χ1n) is 6.62. The fraction of sp³-hybridized carbons (Fsp3) is 0.118. The van der Waals surface area contributed by atoms with Gasteiger partial charge in [-0.15, -0.1) is 0 Å². The average molecular weight is 297 g/mol. The Bertz CT molecular complexity index is 663. The Morgan fingerprint density at radius 1 is 1.14 bits per heavy atom. The highest BCUT2D eigenvalue weighted by Gasteiger charge is 2.03. The molecule has 5 heteroatoms. The van der Waals surface area contributed by atoms with Crippen molar-refractivity contribution in [2.75, 3.05) is 7.11 Å². The van der Waals surface area contributed by atoms with Crippen molar-refractivity contribution in [3.05, 3.63) is 71.6 Å². The number of hydrogen-bond donors (Lipinski definition) is 0. The Balaban J connectivity index is 1.88. The molecule has 0 aliphatic rings. The number of carbonyl (C=O) groups is 2. The van der Waals surface area contributed by atoms with Crippen molar-refractivity contribution in [2.45, 2.75) is 6.61 Å². The molecule has 112 valence electrons. The SMILES string of the molecule is COC(=O)c1ccc(C=CC(=O)OCc2ccccn2)cc1. The molecule has 2 rings (SSSR count). The second kappa shape index (κ2) is 7.73. The second-order valence-corrected chi connectivity index (χ2v) is 4.38. The number of carbonyl (C=O) groups excluding carboxylic acids is 2. The smallest absolute Gasteiger partial charge is 0.337 e. The summed E-state index contributed by atoms with van der Waals surface area (Å²) in [6.07, 6.45) is 4.58. The van der Waals surface area contributed by atoms with Gasteiger partial charge in [0.05, 0.1) is 18.4 Å². The first-order valence-corrected chi connectivity index (χ1v) is 6.62. The molecule has 0 aliphatic carbocycles. The van der Waals surface area contributed by atoms with E-state index in [-0.39, 0.29) is 6.61 Å². The summed E-state index contributed by atoms with van der Waals surface area (Å²) in [5, 5.41) is 0. The normalized spacial score (nSPS) is 10.4. The minimum atomic E-state index is -0.456. The molecule has 0 saturated carbocycles. The van der Waals surface area contributed by atoms with Crippen LogP contribution >= 0.6 is 0 Å². The van der Waals surface area contributed by atoms with E-state index in [4.69, 9.17) is 4.74 Å². The third-order valence-electron chi connectivity index (χ3n) is 2.83. The summed E-state index contributed by atoms with van der Waals surface area (Å²) in [6, 6.07) is 12.1. The van der Waals surface area contributed by atoms with E-state index >= 15 is 0 Å². The topological polar surface area (TPSA) is 65.5 Å². The Morgan fingerprint density at radius 2 is 1.91 bits per heavy atom. The molecular formula is C17H15NO4. The molecule has 1 heterocycles. The van der Waals surface area contributed by atoms with E-state index in [9.17, 15) is 9.59 Å². The minimum absolute atomic E-state index is 0.130. The van der Waals surface area contributed by atoms with Crippen molar-refractivity contribution in [2.24, 2.45) is 0 Å². The molecule has 1 aromatic heterocycles. The second-order valence-electron chi connectivity index (χ2n) is 4.38. The Hall–Kier alpha value is -2.95. The molecule has 0 spiro atoms. The van der Waals surface area contributed by atoms with Crippen LogP contribution in [0.4, 0.5) is 0 Å². The first-order chi connectivity index (χ1) is 10.7. The van der Waals surface area contributed by atoms with Gasteiger partial charge in [0.25, 0.3) is 0 Å². The molecule has 0 N–H and O–H groups in total. The number of pyridine rings is 1. The van der Waals surface area contributed by atoms with Crippen LogP contribution in [0.25, 0.3) is 6.08 Å². The maximum Gasteiger partial charge on any atom is 0.337 e. The predicted octanol–water partition coefficient (Wildman–Crippen LogP) is 2.62. The number of benzene rings is 1. The van der Waals surface area contributed by atoms with E-state index in [1.807, 2.05) is 6.07 Å². The number of aromatic nitrogens is 1. The van der Waals surface area contributed by atoms with Gasteiger partial charge in [0.2, 0.25) is 0 Å². The number of hydrogen-bond acceptors (Lipinski definition) is 5. The van der Waals surface area contributed by atoms with Crippen LogP contribution < -0.4 is 0 Å². The van der Waals surface area contributed by atoms with Gasteiger partial charge in [-0.1, -0.05) is 18.2 Å². The van der Waals surface area contributed by atoms with Gasteiger partial charge in [-0.2, -0.15) is 0 Å². The maximum absolute atomic E-state index is 11.6. The Labute approximate surface area is 128 Å². The summed E-state index contributed by atoms with van der Waals surface area (Å²) in [5.41, 5.74) is 1.92. The molecule has 0 radical (unpaired) electrons. The summed E-state index contributed by atoms with van der Waals surface area (Å²) in [5.74, 6) is -0.854. The fourth-order valence-electron chi connectivity index (χ4n) is 1.69. The van der Waals surface area contributed by atoms with Gasteiger partial charge in [0, 0.05) is 12.3 Å². The molecule has 0 saturated heterocycles. The highest BCUT2D eigenvalue weighted by atomic mass is 16.5. The molecule has 0 bridgehead atoms. The van der Waals surface area contributed by atoms with Gasteiger partial charge < -0.3 is 9.47 Å². The van der Waals surface area contributed by atoms with Crippen LogP contribution in [0.15, 0.2) is 54.7 Å². The Morgan fingerprint density at radius 3 is 2.55 bits per heavy atom. The van der Waals surface area contributed by atoms with Gasteiger partial charge in [-0.25, -0.2) is 9.59 Å². The first kappa shape index (κ1) is 15.4. The largest absolute Gasteiger partial charge is 0.465 e. The van der Waals surface area contributed by atoms with Crippen molar-refractivity contribution in [3.63, 3.8) is 0 Å². The lowest BCUT2D eigenvalue weighted by Crippen LogP contribution is -2.02. The zero-order valence-corrected chi connectivity index (χ0v) is 12.1. The predicted molar refractivity (Wildman–Crippen MR) is 80.8 cm³/mol. The van der Waals surface area contributed by atoms with E-state index in [1.54, 1.807) is 48.7 Å². The van der Waals surface area contributed by atoms with Crippen molar-refractivity contribution >= 4 is 18.0 Å². The lowest BCUT2D eigenvalue weighted by molar-refractivity contribution is -0.139. The molecule has 0 unspecified atom stereocenters. The third-order valence-corrected chi connectivity index (χ3v) is 2.83. The zero-order valence-electron chi connectivity index (χ0n) is 12.1. The molecule has 0 atom stereocenters. The van der Waals surface area contributed by atoms with Crippen LogP contribution in [-0.2, 0) is 20.9 Å². The average Bonchev–Trinajstić information content (AvgIpc) is 2.58. The summed E-state index contributed by atoms with van der Waals surface area (Å²) in [6.45, 7) is 0.130. The molecule has 0 fully saturated rings. The van der Waals surface area contributed by atoms with Crippen molar-refractivity contribution in [1.29, 1.82) is 0 Å². The molecule has 2 aromatic rings. The number of methoxy groups -OCH3 is 1. The fourth-order valence-corrected chi connectivity index (χ4v) is 1.69. The molecule has 0 amide bonds. The number of ether oxygens (including phenoxy) is 2. The van der Waals surface area contributed by atoms with Crippen molar-refractivity contribution in [3.8, 4) is 0 Å². The van der Waals surface area contributed by atoms with Crippen LogP contribution in [0.1, 0.15) is 21.6 Å². The summed E-state index contributed by atoms with van der Waals surface area (Å²) >= 11 is 0. The third kappa shape index (κ3) is 4.56. The number of nitrogens with zero attached hydrogens (tertiary/aromatic N) is 1. The van der Waals surface area contributed by atoms with E-state index in [0.717, 1.165) is 5.56 Å². The van der Waals surface area contributed by atoms with Crippen molar-refractivity contribution < 1.29 is 19.1 Å². The van der Waals surface area contributed by atoms with Gasteiger partial charge in [-0.05, 0) is 35.9 Å². The minimum Gasteiger partial charge on any atom is -0.465 e. The standard InChI is InChI=1S/C17H15NO4/c1-21-17(20)14-8-5-13(6-9-14)7-10-16(19)22-12-15-4-2-3-11-18-15/h2-11H,12H2,1H3. The summed E-state index contributed by atoms with van der Waals surface area (Å²) < 4.78 is 9.68. The Kier molecular flexibility index (Phi) is 5.43. The number of esters is 2. The van der Waals surface area contributed by atoms with Gasteiger partial charge in [0.1, 0.15) is 6.61 Å². The van der Waals surface area contributed by atoms with E-state index < -0.39 is 11.9 Å². The van der Waals surface area contributed by atoms with Gasteiger partial charge >= 0.3 is 11.9 Å². The van der Waals surface area contributed by atoms with E-state index in [1.165, 1.54) is 13.2 Å². The summed E-state index contributed by atoms with van der Waals surface area (Å²) in [7, 11) is 1.33. The highest BCUT2D eigenvalue weighted by molar-refractivity contribution is 5.90. The molecule has 5 nitrogen and oxygen atoms in total. The van der Waals surface area contributed by atoms with Crippen LogP contribution in [-0.4, -0.2) is 24.0 Å². The van der Waals surface area contributed by atoms with Crippen LogP contribution in [0.5, 0.6) is 0 Å². The summed E-state index contributed by atoms with van der Waals surface area (Å²) in [4.78, 5) is 26.9. The quantitative estimate of drug-likeness (QED) is 0.627. The monoisotopic (exact) mass is 297 g/mol. The maximum atomic E-state index is 11.6. The van der Waals surface area contributed by atoms with Gasteiger partial charge in [0.15, 0.2) is 0 Å². The number of rotatable bonds is 5. The zero-order chi connectivity index (χ0) is 15.8.